The summed E-state index contributed by atoms with van der Waals surface area (Å²) in [4.78, 5) is 21.1. The van der Waals surface area contributed by atoms with Crippen LogP contribution in [0.3, 0.4) is 0 Å². The van der Waals surface area contributed by atoms with Crippen molar-refractivity contribution in [3.63, 3.8) is 0 Å². The number of likely N-dealkylation sites (tertiary alicyclic amines) is 1. The second kappa shape index (κ2) is 8.83. The molecule has 1 fully saturated rings. The number of nitrogens with one attached hydrogen (secondary N) is 1. The van der Waals surface area contributed by atoms with E-state index in [-0.39, 0.29) is 17.9 Å². The van der Waals surface area contributed by atoms with E-state index < -0.39 is 0 Å². The number of anilines is 1. The molecule has 4 rings (SSSR count). The largest absolute Gasteiger partial charge is 0.348 e. The van der Waals surface area contributed by atoms with Crippen LogP contribution in [0.2, 0.25) is 0 Å². The molecule has 30 heavy (non-hydrogen) atoms. The van der Waals surface area contributed by atoms with Gasteiger partial charge in [-0.3, -0.25) is 9.69 Å². The molecule has 1 unspecified atom stereocenters. The summed E-state index contributed by atoms with van der Waals surface area (Å²) < 4.78 is 5.41. The Kier molecular flexibility index (Phi) is 5.99. The highest BCUT2D eigenvalue weighted by molar-refractivity contribution is 5.83. The molecular formula is C23H29N5O2. The number of benzene rings is 2. The van der Waals surface area contributed by atoms with E-state index in [9.17, 15) is 4.79 Å². The molecule has 7 nitrogen and oxygen atoms in total. The SMILES string of the molecule is CC(NC(=O)CN1CCC(c2nc(N(C)C)no2)CC1)c1ccc2ccccc2c1. The zero-order chi connectivity index (χ0) is 21.1. The van der Waals surface area contributed by atoms with Crippen molar-refractivity contribution in [2.24, 2.45) is 0 Å². The zero-order valence-corrected chi connectivity index (χ0v) is 17.8. The summed E-state index contributed by atoms with van der Waals surface area (Å²) >= 11 is 0. The summed E-state index contributed by atoms with van der Waals surface area (Å²) in [6, 6.07) is 14.6. The van der Waals surface area contributed by atoms with Crippen molar-refractivity contribution in [1.82, 2.24) is 20.4 Å². The average Bonchev–Trinajstić information content (AvgIpc) is 3.24. The zero-order valence-electron chi connectivity index (χ0n) is 17.8. The lowest BCUT2D eigenvalue weighted by molar-refractivity contribution is -0.123. The van der Waals surface area contributed by atoms with Gasteiger partial charge in [-0.15, -0.1) is 0 Å². The monoisotopic (exact) mass is 407 g/mol. The lowest BCUT2D eigenvalue weighted by Gasteiger charge is -2.30. The van der Waals surface area contributed by atoms with E-state index in [0.29, 0.717) is 18.4 Å². The Morgan fingerprint density at radius 3 is 2.63 bits per heavy atom. The van der Waals surface area contributed by atoms with Gasteiger partial charge in [0.25, 0.3) is 5.95 Å². The number of fused-ring (bicyclic) bond motifs is 1. The minimum Gasteiger partial charge on any atom is -0.348 e. The second-order valence-electron chi connectivity index (χ2n) is 8.27. The highest BCUT2D eigenvalue weighted by Gasteiger charge is 2.26. The highest BCUT2D eigenvalue weighted by atomic mass is 16.5. The van der Waals surface area contributed by atoms with Crippen LogP contribution < -0.4 is 10.2 Å². The van der Waals surface area contributed by atoms with E-state index in [1.165, 1.54) is 10.8 Å². The lowest BCUT2D eigenvalue weighted by Crippen LogP contribution is -2.41. The number of aromatic nitrogens is 2. The summed E-state index contributed by atoms with van der Waals surface area (Å²) in [5.74, 6) is 1.63. The standard InChI is InChI=1S/C23H29N5O2/c1-16(19-9-8-17-6-4-5-7-20(17)14-19)24-21(29)15-28-12-10-18(11-13-28)22-25-23(26-30-22)27(2)3/h4-9,14,16,18H,10-13,15H2,1-3H3,(H,24,29). The van der Waals surface area contributed by atoms with Crippen LogP contribution >= 0.6 is 0 Å². The fourth-order valence-corrected chi connectivity index (χ4v) is 3.96. The number of nitrogens with zero attached hydrogens (tertiary/aromatic N) is 4. The molecule has 1 saturated heterocycles. The number of carbonyl (C=O) groups is 1. The Morgan fingerprint density at radius 1 is 1.20 bits per heavy atom. The molecule has 0 aliphatic carbocycles. The van der Waals surface area contributed by atoms with Crippen LogP contribution in [0.5, 0.6) is 0 Å². The lowest BCUT2D eigenvalue weighted by atomic mass is 9.97. The Morgan fingerprint density at radius 2 is 1.93 bits per heavy atom. The Hall–Kier alpha value is -2.93. The van der Waals surface area contributed by atoms with Crippen molar-refractivity contribution in [2.45, 2.75) is 31.7 Å². The molecule has 3 aromatic rings. The van der Waals surface area contributed by atoms with Crippen LogP contribution in [0, 0.1) is 0 Å². The summed E-state index contributed by atoms with van der Waals surface area (Å²) in [7, 11) is 3.80. The number of amides is 1. The minimum absolute atomic E-state index is 0.0255. The molecular weight excluding hydrogens is 378 g/mol. The van der Waals surface area contributed by atoms with Gasteiger partial charge in [0.15, 0.2) is 0 Å². The van der Waals surface area contributed by atoms with Crippen LogP contribution in [0.1, 0.15) is 43.2 Å². The summed E-state index contributed by atoms with van der Waals surface area (Å²) in [6.07, 6.45) is 1.84. The number of piperidine rings is 1. The van der Waals surface area contributed by atoms with Crippen molar-refractivity contribution in [1.29, 1.82) is 0 Å². The molecule has 0 spiro atoms. The Bertz CT molecular complexity index is 1010. The van der Waals surface area contributed by atoms with Crippen LogP contribution in [0.25, 0.3) is 10.8 Å². The predicted molar refractivity (Wildman–Crippen MR) is 118 cm³/mol. The maximum absolute atomic E-state index is 12.6. The molecule has 1 atom stereocenters. The van der Waals surface area contributed by atoms with Crippen molar-refractivity contribution in [3.05, 3.63) is 53.9 Å². The van der Waals surface area contributed by atoms with Gasteiger partial charge in [0.05, 0.1) is 12.6 Å². The van der Waals surface area contributed by atoms with Crippen molar-refractivity contribution >= 4 is 22.6 Å². The fourth-order valence-electron chi connectivity index (χ4n) is 3.96. The third kappa shape index (κ3) is 4.62. The van der Waals surface area contributed by atoms with Gasteiger partial charge >= 0.3 is 0 Å². The van der Waals surface area contributed by atoms with Crippen molar-refractivity contribution < 1.29 is 9.32 Å². The Balaban J connectivity index is 1.28. The van der Waals surface area contributed by atoms with Crippen LogP contribution in [-0.2, 0) is 4.79 Å². The summed E-state index contributed by atoms with van der Waals surface area (Å²) in [6.45, 7) is 4.15. The van der Waals surface area contributed by atoms with Gasteiger partial charge in [0.1, 0.15) is 0 Å². The summed E-state index contributed by atoms with van der Waals surface area (Å²) in [5, 5.41) is 9.54. The quantitative estimate of drug-likeness (QED) is 0.676. The normalized spacial score (nSPS) is 16.5. The molecule has 0 saturated carbocycles. The van der Waals surface area contributed by atoms with Gasteiger partial charge in [-0.1, -0.05) is 36.4 Å². The maximum Gasteiger partial charge on any atom is 0.265 e. The molecule has 1 aromatic heterocycles. The second-order valence-corrected chi connectivity index (χ2v) is 8.27. The molecule has 0 radical (unpaired) electrons. The van der Waals surface area contributed by atoms with Gasteiger partial charge in [0, 0.05) is 20.0 Å². The fraction of sp³-hybridized carbons (Fsp3) is 0.435. The molecule has 0 bridgehead atoms. The maximum atomic E-state index is 12.6. The molecule has 2 heterocycles. The van der Waals surface area contributed by atoms with Gasteiger partial charge in [-0.2, -0.15) is 4.98 Å². The van der Waals surface area contributed by atoms with Gasteiger partial charge in [-0.05, 0) is 60.4 Å². The average molecular weight is 408 g/mol. The first-order valence-electron chi connectivity index (χ1n) is 10.5. The van der Waals surface area contributed by atoms with E-state index >= 15 is 0 Å². The van der Waals surface area contributed by atoms with Gasteiger partial charge < -0.3 is 14.7 Å². The smallest absolute Gasteiger partial charge is 0.265 e. The van der Waals surface area contributed by atoms with Crippen LogP contribution in [0.15, 0.2) is 47.0 Å². The number of rotatable bonds is 6. The van der Waals surface area contributed by atoms with Crippen molar-refractivity contribution in [2.75, 3.05) is 38.6 Å². The minimum atomic E-state index is -0.0255. The van der Waals surface area contributed by atoms with Crippen LogP contribution in [-0.4, -0.2) is 54.7 Å². The molecule has 1 aliphatic heterocycles. The molecule has 2 aromatic carbocycles. The number of hydrogen-bond acceptors (Lipinski definition) is 6. The number of hydrogen-bond donors (Lipinski definition) is 1. The molecule has 1 N–H and O–H groups in total. The third-order valence-electron chi connectivity index (χ3n) is 5.79. The first kappa shape index (κ1) is 20.3. The predicted octanol–water partition coefficient (Wildman–Crippen LogP) is 3.35. The van der Waals surface area contributed by atoms with Crippen molar-refractivity contribution in [3.8, 4) is 0 Å². The summed E-state index contributed by atoms with van der Waals surface area (Å²) in [5.41, 5.74) is 1.12. The molecule has 7 heteroatoms. The van der Waals surface area contributed by atoms with Gasteiger partial charge in [-0.25, -0.2) is 0 Å². The van der Waals surface area contributed by atoms with E-state index in [1.54, 1.807) is 0 Å². The number of carbonyl (C=O) groups excluding carboxylic acids is 1. The topological polar surface area (TPSA) is 74.5 Å². The van der Waals surface area contributed by atoms with E-state index in [0.717, 1.165) is 31.5 Å². The van der Waals surface area contributed by atoms with Crippen LogP contribution in [0.4, 0.5) is 5.95 Å². The first-order valence-corrected chi connectivity index (χ1v) is 10.5. The molecule has 1 amide bonds. The van der Waals surface area contributed by atoms with E-state index in [1.807, 2.05) is 38.1 Å². The van der Waals surface area contributed by atoms with E-state index in [4.69, 9.17) is 4.52 Å². The highest BCUT2D eigenvalue weighted by Crippen LogP contribution is 2.27. The first-order chi connectivity index (χ1) is 14.5. The molecule has 1 aliphatic rings. The Labute approximate surface area is 177 Å². The third-order valence-corrected chi connectivity index (χ3v) is 5.79. The van der Waals surface area contributed by atoms with E-state index in [2.05, 4.69) is 50.7 Å². The van der Waals surface area contributed by atoms with Gasteiger partial charge in [0.2, 0.25) is 11.8 Å². The molecule has 158 valence electrons.